The highest BCUT2D eigenvalue weighted by Gasteiger charge is 2.35. The van der Waals surface area contributed by atoms with Crippen LogP contribution in [0, 0.1) is 19.7 Å². The van der Waals surface area contributed by atoms with E-state index in [9.17, 15) is 9.18 Å². The summed E-state index contributed by atoms with van der Waals surface area (Å²) in [4.78, 5) is 12.9. The third-order valence-electron chi connectivity index (χ3n) is 5.86. The number of hydrogen-bond acceptors (Lipinski definition) is 4. The van der Waals surface area contributed by atoms with Gasteiger partial charge in [0.05, 0.1) is 5.69 Å². The zero-order valence-electron chi connectivity index (χ0n) is 17.2. The van der Waals surface area contributed by atoms with E-state index in [-0.39, 0.29) is 22.7 Å². The Balaban J connectivity index is 1.55. The van der Waals surface area contributed by atoms with E-state index in [0.29, 0.717) is 25.5 Å². The van der Waals surface area contributed by atoms with Crippen molar-refractivity contribution in [3.8, 4) is 5.69 Å². The molecule has 0 bridgehead atoms. The molecule has 2 heterocycles. The second-order valence-electron chi connectivity index (χ2n) is 7.83. The van der Waals surface area contributed by atoms with Crippen LogP contribution in [0.1, 0.15) is 40.2 Å². The Hall–Kier alpha value is -3.06. The van der Waals surface area contributed by atoms with Gasteiger partial charge in [-0.3, -0.25) is 4.79 Å². The van der Waals surface area contributed by atoms with Crippen molar-refractivity contribution in [1.29, 1.82) is 0 Å². The Kier molecular flexibility index (Phi) is 5.63. The van der Waals surface area contributed by atoms with E-state index in [1.54, 1.807) is 19.1 Å². The molecule has 1 aliphatic heterocycles. The molecule has 0 radical (unpaired) electrons. The molecule has 0 saturated carbocycles. The van der Waals surface area contributed by atoms with Crippen molar-refractivity contribution in [3.63, 3.8) is 0 Å². The molecule has 3 aromatic rings. The maximum atomic E-state index is 14.4. The van der Waals surface area contributed by atoms with Crippen molar-refractivity contribution in [2.45, 2.75) is 32.1 Å². The first kappa shape index (κ1) is 20.2. The number of carbonyl (C=O) groups is 1. The van der Waals surface area contributed by atoms with E-state index < -0.39 is 5.82 Å². The van der Waals surface area contributed by atoms with Crippen LogP contribution in [0.2, 0.25) is 0 Å². The molecule has 1 fully saturated rings. The molecule has 1 saturated heterocycles. The maximum absolute atomic E-state index is 14.4. The lowest BCUT2D eigenvalue weighted by Gasteiger charge is -2.37. The summed E-state index contributed by atoms with van der Waals surface area (Å²) < 4.78 is 21.3. The minimum absolute atomic E-state index is 0.178. The molecule has 30 heavy (non-hydrogen) atoms. The number of ether oxygens (including phenoxy) is 1. The van der Waals surface area contributed by atoms with Gasteiger partial charge in [0.15, 0.2) is 5.69 Å². The minimum atomic E-state index is -0.403. The van der Waals surface area contributed by atoms with Crippen LogP contribution in [0.4, 0.5) is 4.39 Å². The standard InChI is InChI=1S/C23H25FN4O2/c1-16-8-9-20(19(24)14-16)28-17(2)21(26-27-28)22(29)25-15-23(10-12-30-13-11-23)18-6-4-3-5-7-18/h3-9,14H,10-13,15H2,1-2H3,(H,25,29). The Morgan fingerprint density at radius 1 is 1.17 bits per heavy atom. The number of nitrogens with zero attached hydrogens (tertiary/aromatic N) is 3. The number of halogens is 1. The third-order valence-corrected chi connectivity index (χ3v) is 5.86. The molecule has 1 amide bonds. The fraction of sp³-hybridized carbons (Fsp3) is 0.348. The van der Waals surface area contributed by atoms with Gasteiger partial charge >= 0.3 is 0 Å². The van der Waals surface area contributed by atoms with Crippen LogP contribution in [0.25, 0.3) is 5.69 Å². The van der Waals surface area contributed by atoms with E-state index in [1.807, 2.05) is 25.1 Å². The first-order valence-electron chi connectivity index (χ1n) is 10.1. The molecule has 0 atom stereocenters. The highest BCUT2D eigenvalue weighted by Crippen LogP contribution is 2.34. The largest absolute Gasteiger partial charge is 0.381 e. The average molecular weight is 408 g/mol. The number of benzene rings is 2. The lowest BCUT2D eigenvalue weighted by molar-refractivity contribution is 0.0486. The molecule has 2 aromatic carbocycles. The van der Waals surface area contributed by atoms with E-state index in [0.717, 1.165) is 18.4 Å². The van der Waals surface area contributed by atoms with Gasteiger partial charge < -0.3 is 10.1 Å². The number of amides is 1. The van der Waals surface area contributed by atoms with Crippen molar-refractivity contribution in [2.24, 2.45) is 0 Å². The summed E-state index contributed by atoms with van der Waals surface area (Å²) in [5.41, 5.74) is 2.80. The molecule has 6 nitrogen and oxygen atoms in total. The Labute approximate surface area is 175 Å². The van der Waals surface area contributed by atoms with E-state index in [4.69, 9.17) is 4.74 Å². The highest BCUT2D eigenvalue weighted by atomic mass is 19.1. The molecule has 1 N–H and O–H groups in total. The predicted octanol–water partition coefficient (Wildman–Crippen LogP) is 3.50. The van der Waals surface area contributed by atoms with Crippen molar-refractivity contribution in [3.05, 3.63) is 76.9 Å². The molecule has 0 aliphatic carbocycles. The molecule has 0 unspecified atom stereocenters. The average Bonchev–Trinajstić information content (AvgIpc) is 3.14. The van der Waals surface area contributed by atoms with Crippen LogP contribution in [-0.2, 0) is 10.2 Å². The van der Waals surface area contributed by atoms with E-state index >= 15 is 0 Å². The molecule has 1 aromatic heterocycles. The normalized spacial score (nSPS) is 15.7. The predicted molar refractivity (Wildman–Crippen MR) is 111 cm³/mol. The van der Waals surface area contributed by atoms with Crippen molar-refractivity contribution < 1.29 is 13.9 Å². The number of nitrogens with one attached hydrogen (secondary N) is 1. The SMILES string of the molecule is Cc1ccc(-n2nnc(C(=O)NCC3(c4ccccc4)CCOCC3)c2C)c(F)c1. The number of aromatic nitrogens is 3. The molecule has 7 heteroatoms. The summed E-state index contributed by atoms with van der Waals surface area (Å²) in [6.07, 6.45) is 1.66. The van der Waals surface area contributed by atoms with Crippen LogP contribution in [0.5, 0.6) is 0 Å². The van der Waals surface area contributed by atoms with Crippen LogP contribution in [0.15, 0.2) is 48.5 Å². The molecule has 156 valence electrons. The van der Waals surface area contributed by atoms with Crippen molar-refractivity contribution in [1.82, 2.24) is 20.3 Å². The Morgan fingerprint density at radius 2 is 1.90 bits per heavy atom. The number of aryl methyl sites for hydroxylation is 1. The van der Waals surface area contributed by atoms with Gasteiger partial charge in [0.1, 0.15) is 11.5 Å². The molecule has 0 spiro atoms. The third kappa shape index (κ3) is 3.85. The van der Waals surface area contributed by atoms with Gasteiger partial charge in [0.25, 0.3) is 5.91 Å². The van der Waals surface area contributed by atoms with Crippen LogP contribution < -0.4 is 5.32 Å². The lowest BCUT2D eigenvalue weighted by atomic mass is 9.74. The van der Waals surface area contributed by atoms with Crippen LogP contribution in [0.3, 0.4) is 0 Å². The summed E-state index contributed by atoms with van der Waals surface area (Å²) >= 11 is 0. The lowest BCUT2D eigenvalue weighted by Crippen LogP contribution is -2.44. The smallest absolute Gasteiger partial charge is 0.273 e. The van der Waals surface area contributed by atoms with Gasteiger partial charge in [0.2, 0.25) is 0 Å². The van der Waals surface area contributed by atoms with Gasteiger partial charge in [-0.05, 0) is 49.9 Å². The Bertz CT molecular complexity index is 1040. The summed E-state index contributed by atoms with van der Waals surface area (Å²) in [6, 6.07) is 15.1. The van der Waals surface area contributed by atoms with Gasteiger partial charge in [-0.1, -0.05) is 41.6 Å². The molecule has 1 aliphatic rings. The number of carbonyl (C=O) groups excluding carboxylic acids is 1. The van der Waals surface area contributed by atoms with Crippen LogP contribution in [-0.4, -0.2) is 40.7 Å². The minimum Gasteiger partial charge on any atom is -0.381 e. The van der Waals surface area contributed by atoms with Gasteiger partial charge in [0, 0.05) is 25.2 Å². The van der Waals surface area contributed by atoms with E-state index in [1.165, 1.54) is 16.3 Å². The molecular formula is C23H25FN4O2. The van der Waals surface area contributed by atoms with Gasteiger partial charge in [-0.25, -0.2) is 9.07 Å². The summed E-state index contributed by atoms with van der Waals surface area (Å²) in [5, 5.41) is 11.1. The van der Waals surface area contributed by atoms with Gasteiger partial charge in [-0.2, -0.15) is 0 Å². The fourth-order valence-electron chi connectivity index (χ4n) is 4.01. The number of hydrogen-bond donors (Lipinski definition) is 1. The molecular weight excluding hydrogens is 383 g/mol. The summed E-state index contributed by atoms with van der Waals surface area (Å²) in [7, 11) is 0. The molecule has 4 rings (SSSR count). The quantitative estimate of drug-likeness (QED) is 0.702. The summed E-state index contributed by atoms with van der Waals surface area (Å²) in [5.74, 6) is -0.715. The second-order valence-corrected chi connectivity index (χ2v) is 7.83. The van der Waals surface area contributed by atoms with Crippen molar-refractivity contribution in [2.75, 3.05) is 19.8 Å². The van der Waals surface area contributed by atoms with Crippen molar-refractivity contribution >= 4 is 5.91 Å². The highest BCUT2D eigenvalue weighted by molar-refractivity contribution is 5.93. The zero-order valence-corrected chi connectivity index (χ0v) is 17.2. The summed E-state index contributed by atoms with van der Waals surface area (Å²) in [6.45, 7) is 5.33. The first-order chi connectivity index (χ1) is 14.5. The number of rotatable bonds is 5. The first-order valence-corrected chi connectivity index (χ1v) is 10.1. The second kappa shape index (κ2) is 8.36. The monoisotopic (exact) mass is 408 g/mol. The zero-order chi connectivity index (χ0) is 21.1. The fourth-order valence-corrected chi connectivity index (χ4v) is 4.01. The van der Waals surface area contributed by atoms with Gasteiger partial charge in [-0.15, -0.1) is 5.10 Å². The van der Waals surface area contributed by atoms with E-state index in [2.05, 4.69) is 27.8 Å². The maximum Gasteiger partial charge on any atom is 0.273 e. The topological polar surface area (TPSA) is 69.0 Å². The van der Waals surface area contributed by atoms with Crippen LogP contribution >= 0.6 is 0 Å². The Morgan fingerprint density at radius 3 is 2.60 bits per heavy atom.